The van der Waals surface area contributed by atoms with Gasteiger partial charge in [-0.25, -0.2) is 0 Å². The Morgan fingerprint density at radius 1 is 1.00 bits per heavy atom. The first kappa shape index (κ1) is 19.1. The first-order valence-electron chi connectivity index (χ1n) is 9.60. The van der Waals surface area contributed by atoms with Gasteiger partial charge in [-0.2, -0.15) is 0 Å². The number of carbonyl (C=O) groups excluding carboxylic acids is 1. The van der Waals surface area contributed by atoms with Crippen LogP contribution in [-0.2, 0) is 0 Å². The van der Waals surface area contributed by atoms with Gasteiger partial charge in [0.1, 0.15) is 17.1 Å². The van der Waals surface area contributed by atoms with Crippen LogP contribution >= 0.6 is 0 Å². The van der Waals surface area contributed by atoms with E-state index in [1.165, 1.54) is 0 Å². The van der Waals surface area contributed by atoms with E-state index in [0.717, 1.165) is 5.39 Å². The van der Waals surface area contributed by atoms with Gasteiger partial charge >= 0.3 is 0 Å². The van der Waals surface area contributed by atoms with Gasteiger partial charge in [0.2, 0.25) is 0 Å². The first-order chi connectivity index (χ1) is 13.7. The molecule has 150 valence electrons. The highest BCUT2D eigenvalue weighted by atomic mass is 16.5. The Balaban J connectivity index is 1.99. The van der Waals surface area contributed by atoms with Crippen molar-refractivity contribution >= 4 is 22.2 Å². The van der Waals surface area contributed by atoms with Crippen molar-refractivity contribution in [2.45, 2.75) is 38.8 Å². The molecule has 0 aliphatic carbocycles. The number of carbonyl (C=O) groups is 1. The Morgan fingerprint density at radius 2 is 1.62 bits per heavy atom. The Labute approximate surface area is 170 Å². The van der Waals surface area contributed by atoms with Crippen LogP contribution in [0.1, 0.15) is 43.6 Å². The zero-order valence-electron chi connectivity index (χ0n) is 17.3. The molecule has 0 spiro atoms. The number of nitrogens with one attached hydrogen (secondary N) is 1. The molecule has 0 saturated heterocycles. The number of hydrogen-bond donors (Lipinski definition) is 2. The summed E-state index contributed by atoms with van der Waals surface area (Å²) in [5.41, 5.74) is 0.200. The molecular formula is C24H25NO4. The third-order valence-corrected chi connectivity index (χ3v) is 6.02. The van der Waals surface area contributed by atoms with Crippen LogP contribution in [0.15, 0.2) is 48.5 Å². The maximum absolute atomic E-state index is 13.5. The summed E-state index contributed by atoms with van der Waals surface area (Å²) in [5.74, 6) is 0.917. The lowest BCUT2D eigenvalue weighted by atomic mass is 9.82. The van der Waals surface area contributed by atoms with Crippen LogP contribution < -0.4 is 14.8 Å². The molecule has 3 aromatic carbocycles. The predicted octanol–water partition coefficient (Wildman–Crippen LogP) is 5.15. The van der Waals surface area contributed by atoms with Crippen LogP contribution in [0.4, 0.5) is 5.69 Å². The number of rotatable bonds is 3. The van der Waals surface area contributed by atoms with Crippen LogP contribution in [0.25, 0.3) is 10.8 Å². The molecular weight excluding hydrogens is 366 g/mol. The Hall–Kier alpha value is -3.21. The lowest BCUT2D eigenvalue weighted by Crippen LogP contribution is -2.57. The fraction of sp³-hybridized carbons (Fsp3) is 0.292. The summed E-state index contributed by atoms with van der Waals surface area (Å²) in [6.07, 6.45) is 0. The minimum Gasteiger partial charge on any atom is -0.506 e. The van der Waals surface area contributed by atoms with E-state index in [9.17, 15) is 9.90 Å². The van der Waals surface area contributed by atoms with Crippen LogP contribution in [0.2, 0.25) is 0 Å². The summed E-state index contributed by atoms with van der Waals surface area (Å²) in [5, 5.41) is 15.9. The lowest BCUT2D eigenvalue weighted by molar-refractivity contribution is 0.0423. The number of ether oxygens (including phenoxy) is 2. The molecule has 4 rings (SSSR count). The molecule has 0 atom stereocenters. The van der Waals surface area contributed by atoms with Gasteiger partial charge in [0, 0.05) is 16.3 Å². The number of ketones is 1. The van der Waals surface area contributed by atoms with E-state index >= 15 is 0 Å². The third-order valence-electron chi connectivity index (χ3n) is 6.02. The van der Waals surface area contributed by atoms with Gasteiger partial charge in [-0.05, 0) is 52.0 Å². The highest BCUT2D eigenvalue weighted by molar-refractivity contribution is 6.19. The zero-order chi connectivity index (χ0) is 21.0. The van der Waals surface area contributed by atoms with Gasteiger partial charge in [-0.15, -0.1) is 0 Å². The highest BCUT2D eigenvalue weighted by Gasteiger charge is 2.45. The van der Waals surface area contributed by atoms with Crippen molar-refractivity contribution in [3.05, 3.63) is 59.7 Å². The largest absolute Gasteiger partial charge is 0.506 e. The summed E-state index contributed by atoms with van der Waals surface area (Å²) in [7, 11) is 1.58. The Morgan fingerprint density at radius 3 is 2.24 bits per heavy atom. The van der Waals surface area contributed by atoms with Gasteiger partial charge in [0.25, 0.3) is 0 Å². The normalized spacial score (nSPS) is 16.4. The zero-order valence-corrected chi connectivity index (χ0v) is 17.3. The maximum atomic E-state index is 13.5. The lowest BCUT2D eigenvalue weighted by Gasteiger charge is -2.48. The summed E-state index contributed by atoms with van der Waals surface area (Å²) in [6, 6.07) is 14.3. The number of phenols is 1. The van der Waals surface area contributed by atoms with E-state index in [4.69, 9.17) is 9.47 Å². The standard InChI is InChI=1S/C24H25NO4/c1-23(2)24(3,4)29-22-17-9-7-6-8-16(17)21(27)18(19(22)25-23)20(26)14-10-12-15(28-5)13-11-14/h6-13,25,27H,1-5H3. The molecule has 0 amide bonds. The molecule has 5 heteroatoms. The van der Waals surface area contributed by atoms with E-state index in [1.807, 2.05) is 45.9 Å². The average molecular weight is 391 g/mol. The van der Waals surface area contributed by atoms with Gasteiger partial charge in [0.05, 0.1) is 23.9 Å². The molecule has 0 unspecified atom stereocenters. The van der Waals surface area contributed by atoms with Gasteiger partial charge < -0.3 is 19.9 Å². The highest BCUT2D eigenvalue weighted by Crippen LogP contribution is 2.51. The quantitative estimate of drug-likeness (QED) is 0.605. The van der Waals surface area contributed by atoms with Gasteiger partial charge in [-0.1, -0.05) is 24.3 Å². The molecule has 1 aliphatic heterocycles. The molecule has 1 aliphatic rings. The fourth-order valence-corrected chi connectivity index (χ4v) is 3.57. The third kappa shape index (κ3) is 2.89. The first-order valence-corrected chi connectivity index (χ1v) is 9.60. The number of phenolic OH excluding ortho intramolecular Hbond substituents is 1. The number of aromatic hydroxyl groups is 1. The Bertz CT molecular complexity index is 1110. The van der Waals surface area contributed by atoms with Crippen molar-refractivity contribution in [1.29, 1.82) is 0 Å². The summed E-state index contributed by atoms with van der Waals surface area (Å²) < 4.78 is 11.6. The van der Waals surface area contributed by atoms with Crippen LogP contribution in [-0.4, -0.2) is 29.1 Å². The van der Waals surface area contributed by atoms with E-state index in [-0.39, 0.29) is 17.1 Å². The second kappa shape index (κ2) is 6.41. The van der Waals surface area contributed by atoms with Crippen molar-refractivity contribution in [2.24, 2.45) is 0 Å². The summed E-state index contributed by atoms with van der Waals surface area (Å²) >= 11 is 0. The number of methoxy groups -OCH3 is 1. The molecule has 3 aromatic rings. The van der Waals surface area contributed by atoms with E-state index in [2.05, 4.69) is 5.32 Å². The maximum Gasteiger partial charge on any atom is 0.199 e. The second-order valence-electron chi connectivity index (χ2n) is 8.39. The van der Waals surface area contributed by atoms with Gasteiger partial charge in [0.15, 0.2) is 11.5 Å². The van der Waals surface area contributed by atoms with Crippen molar-refractivity contribution in [1.82, 2.24) is 0 Å². The van der Waals surface area contributed by atoms with E-state index < -0.39 is 11.1 Å². The monoisotopic (exact) mass is 391 g/mol. The number of hydrogen-bond acceptors (Lipinski definition) is 5. The number of fused-ring (bicyclic) bond motifs is 3. The average Bonchev–Trinajstić information content (AvgIpc) is 2.69. The molecule has 0 aromatic heterocycles. The number of anilines is 1. The minimum absolute atomic E-state index is 0.0493. The van der Waals surface area contributed by atoms with Gasteiger partial charge in [-0.3, -0.25) is 4.79 Å². The topological polar surface area (TPSA) is 67.8 Å². The molecule has 0 radical (unpaired) electrons. The second-order valence-corrected chi connectivity index (χ2v) is 8.39. The van der Waals surface area contributed by atoms with E-state index in [0.29, 0.717) is 28.1 Å². The fourth-order valence-electron chi connectivity index (χ4n) is 3.57. The van der Waals surface area contributed by atoms with Crippen LogP contribution in [0, 0.1) is 0 Å². The molecule has 5 nitrogen and oxygen atoms in total. The molecule has 0 fully saturated rings. The molecule has 1 heterocycles. The van der Waals surface area contributed by atoms with Crippen molar-refractivity contribution < 1.29 is 19.4 Å². The minimum atomic E-state index is -0.528. The van der Waals surface area contributed by atoms with Crippen molar-refractivity contribution in [3.8, 4) is 17.2 Å². The summed E-state index contributed by atoms with van der Waals surface area (Å²) in [6.45, 7) is 8.05. The smallest absolute Gasteiger partial charge is 0.199 e. The van der Waals surface area contributed by atoms with Crippen LogP contribution in [0.5, 0.6) is 17.2 Å². The molecule has 0 bridgehead atoms. The van der Waals surface area contributed by atoms with E-state index in [1.54, 1.807) is 37.4 Å². The molecule has 2 N–H and O–H groups in total. The van der Waals surface area contributed by atoms with Crippen molar-refractivity contribution in [2.75, 3.05) is 12.4 Å². The van der Waals surface area contributed by atoms with Crippen LogP contribution in [0.3, 0.4) is 0 Å². The summed E-state index contributed by atoms with van der Waals surface area (Å²) in [4.78, 5) is 13.5. The number of benzene rings is 3. The van der Waals surface area contributed by atoms with Crippen molar-refractivity contribution in [3.63, 3.8) is 0 Å². The SMILES string of the molecule is COc1ccc(C(=O)c2c3c(c4ccccc4c2O)OC(C)(C)C(C)(C)N3)cc1. The Kier molecular flexibility index (Phi) is 4.23. The molecule has 0 saturated carbocycles. The molecule has 29 heavy (non-hydrogen) atoms. The predicted molar refractivity (Wildman–Crippen MR) is 114 cm³/mol.